The van der Waals surface area contributed by atoms with Crippen molar-refractivity contribution in [2.75, 3.05) is 6.61 Å². The molecule has 7 heteroatoms. The highest BCUT2D eigenvalue weighted by atomic mass is 35.5. The molecule has 0 amide bonds. The summed E-state index contributed by atoms with van der Waals surface area (Å²) >= 11 is 5.59. The van der Waals surface area contributed by atoms with Gasteiger partial charge >= 0.3 is 0 Å². The van der Waals surface area contributed by atoms with E-state index in [1.54, 1.807) is 0 Å². The maximum absolute atomic E-state index is 13.8. The Labute approximate surface area is 116 Å². The summed E-state index contributed by atoms with van der Waals surface area (Å²) in [6, 6.07) is 3.82. The molecule has 0 saturated heterocycles. The molecule has 0 heterocycles. The summed E-state index contributed by atoms with van der Waals surface area (Å²) in [5.74, 6) is -0.970. The molecule has 0 radical (unpaired) electrons. The molecule has 2 rings (SSSR count). The molecule has 1 fully saturated rings. The predicted octanol–water partition coefficient (Wildman–Crippen LogP) is 2.06. The van der Waals surface area contributed by atoms with Crippen LogP contribution in [-0.2, 0) is 10.0 Å². The van der Waals surface area contributed by atoms with Crippen molar-refractivity contribution in [3.05, 3.63) is 29.0 Å². The van der Waals surface area contributed by atoms with Gasteiger partial charge in [0.25, 0.3) is 0 Å². The minimum Gasteiger partial charge on any atom is -0.394 e. The number of rotatable bonds is 4. The Morgan fingerprint density at radius 1 is 1.37 bits per heavy atom. The zero-order chi connectivity index (χ0) is 14.1. The van der Waals surface area contributed by atoms with E-state index in [0.29, 0.717) is 12.8 Å². The van der Waals surface area contributed by atoms with Crippen LogP contribution in [0.5, 0.6) is 0 Å². The molecule has 1 aromatic rings. The molecule has 0 spiro atoms. The smallest absolute Gasteiger partial charge is 0.244 e. The average molecular weight is 308 g/mol. The Morgan fingerprint density at radius 3 is 2.58 bits per heavy atom. The summed E-state index contributed by atoms with van der Waals surface area (Å²) < 4.78 is 40.6. The minimum atomic E-state index is -4.04. The highest BCUT2D eigenvalue weighted by molar-refractivity contribution is 7.89. The molecule has 0 aromatic heterocycles. The summed E-state index contributed by atoms with van der Waals surface area (Å²) in [5, 5.41) is 9.16. The summed E-state index contributed by atoms with van der Waals surface area (Å²) in [5.41, 5.74) is -0.881. The van der Waals surface area contributed by atoms with Gasteiger partial charge in [-0.2, -0.15) is 0 Å². The van der Waals surface area contributed by atoms with Crippen molar-refractivity contribution < 1.29 is 17.9 Å². The largest absolute Gasteiger partial charge is 0.394 e. The molecule has 0 unspecified atom stereocenters. The van der Waals surface area contributed by atoms with Gasteiger partial charge in [0, 0.05) is 0 Å². The quantitative estimate of drug-likeness (QED) is 0.895. The van der Waals surface area contributed by atoms with E-state index in [4.69, 9.17) is 11.6 Å². The van der Waals surface area contributed by atoms with E-state index in [1.165, 1.54) is 12.1 Å². The van der Waals surface area contributed by atoms with Crippen LogP contribution in [0.25, 0.3) is 0 Å². The predicted molar refractivity (Wildman–Crippen MR) is 70.0 cm³/mol. The van der Waals surface area contributed by atoms with Crippen molar-refractivity contribution in [2.24, 2.45) is 0 Å². The Morgan fingerprint density at radius 2 is 2.00 bits per heavy atom. The van der Waals surface area contributed by atoms with Crippen molar-refractivity contribution >= 4 is 21.6 Å². The molecule has 1 aromatic carbocycles. The minimum absolute atomic E-state index is 0.243. The maximum Gasteiger partial charge on any atom is 0.244 e. The van der Waals surface area contributed by atoms with Crippen LogP contribution in [-0.4, -0.2) is 25.7 Å². The summed E-state index contributed by atoms with van der Waals surface area (Å²) in [7, 11) is -4.04. The van der Waals surface area contributed by atoms with Gasteiger partial charge < -0.3 is 5.11 Å². The second-order valence-electron chi connectivity index (χ2n) is 4.80. The number of sulfonamides is 1. The third-order valence-electron chi connectivity index (χ3n) is 3.42. The molecule has 1 aliphatic rings. The van der Waals surface area contributed by atoms with Gasteiger partial charge in [-0.3, -0.25) is 0 Å². The van der Waals surface area contributed by atoms with Crippen molar-refractivity contribution in [3.8, 4) is 0 Å². The number of nitrogens with one attached hydrogen (secondary N) is 1. The topological polar surface area (TPSA) is 66.4 Å². The molecule has 0 aliphatic heterocycles. The average Bonchev–Trinajstić information content (AvgIpc) is 2.81. The van der Waals surface area contributed by atoms with E-state index >= 15 is 0 Å². The first-order valence-corrected chi connectivity index (χ1v) is 7.85. The first kappa shape index (κ1) is 14.7. The Hall–Kier alpha value is -0.690. The standard InChI is InChI=1S/C12H15ClFNO3S/c13-9-4-3-5-10(11(9)14)19(17,18)15-12(8-16)6-1-2-7-12/h3-5,15-16H,1-2,6-8H2. The van der Waals surface area contributed by atoms with Crippen LogP contribution in [0.2, 0.25) is 5.02 Å². The Bertz CT molecular complexity index is 570. The highest BCUT2D eigenvalue weighted by Crippen LogP contribution is 2.31. The molecule has 1 aliphatic carbocycles. The molecule has 4 nitrogen and oxygen atoms in total. The third kappa shape index (κ3) is 2.91. The molecular weight excluding hydrogens is 293 g/mol. The van der Waals surface area contributed by atoms with Crippen molar-refractivity contribution in [1.82, 2.24) is 4.72 Å². The van der Waals surface area contributed by atoms with Crippen molar-refractivity contribution in [3.63, 3.8) is 0 Å². The van der Waals surface area contributed by atoms with E-state index in [2.05, 4.69) is 4.72 Å². The van der Waals surface area contributed by atoms with Crippen LogP contribution in [0, 0.1) is 5.82 Å². The van der Waals surface area contributed by atoms with Crippen LogP contribution < -0.4 is 4.72 Å². The summed E-state index contributed by atoms with van der Waals surface area (Å²) in [6.07, 6.45) is 2.76. The van der Waals surface area contributed by atoms with Gasteiger partial charge in [-0.15, -0.1) is 0 Å². The molecule has 1 saturated carbocycles. The van der Waals surface area contributed by atoms with Crippen LogP contribution in [0.3, 0.4) is 0 Å². The second-order valence-corrected chi connectivity index (χ2v) is 6.86. The van der Waals surface area contributed by atoms with Crippen molar-refractivity contribution in [1.29, 1.82) is 0 Å². The van der Waals surface area contributed by atoms with E-state index < -0.39 is 26.3 Å². The zero-order valence-corrected chi connectivity index (χ0v) is 11.8. The normalized spacial score (nSPS) is 18.7. The fourth-order valence-corrected chi connectivity index (χ4v) is 4.16. The zero-order valence-electron chi connectivity index (χ0n) is 10.2. The van der Waals surface area contributed by atoms with Crippen LogP contribution in [0.15, 0.2) is 23.1 Å². The molecule has 19 heavy (non-hydrogen) atoms. The Balaban J connectivity index is 2.35. The van der Waals surface area contributed by atoms with Crippen molar-refractivity contribution in [2.45, 2.75) is 36.1 Å². The number of benzene rings is 1. The lowest BCUT2D eigenvalue weighted by atomic mass is 10.0. The van der Waals surface area contributed by atoms with E-state index in [1.807, 2.05) is 0 Å². The lowest BCUT2D eigenvalue weighted by Gasteiger charge is -2.27. The fourth-order valence-electron chi connectivity index (χ4n) is 2.38. The van der Waals surface area contributed by atoms with E-state index in [0.717, 1.165) is 18.9 Å². The molecule has 2 N–H and O–H groups in total. The van der Waals surface area contributed by atoms with Gasteiger partial charge in [0.2, 0.25) is 10.0 Å². The SMILES string of the molecule is O=S(=O)(NC1(CO)CCCC1)c1cccc(Cl)c1F. The summed E-state index contributed by atoms with van der Waals surface area (Å²) in [6.45, 7) is -0.297. The van der Waals surface area contributed by atoms with Gasteiger partial charge in [-0.25, -0.2) is 17.5 Å². The number of hydrogen-bond acceptors (Lipinski definition) is 3. The molecular formula is C12H15ClFNO3S. The van der Waals surface area contributed by atoms with Gasteiger partial charge in [-0.1, -0.05) is 30.5 Å². The number of aliphatic hydroxyl groups excluding tert-OH is 1. The van der Waals surface area contributed by atoms with E-state index in [-0.39, 0.29) is 11.6 Å². The fraction of sp³-hybridized carbons (Fsp3) is 0.500. The molecule has 0 atom stereocenters. The Kier molecular flexibility index (Phi) is 4.15. The maximum atomic E-state index is 13.8. The van der Waals surface area contributed by atoms with Crippen LogP contribution >= 0.6 is 11.6 Å². The summed E-state index contributed by atoms with van der Waals surface area (Å²) in [4.78, 5) is -0.486. The molecule has 0 bridgehead atoms. The van der Waals surface area contributed by atoms with Gasteiger partial charge in [-0.05, 0) is 25.0 Å². The molecule has 106 valence electrons. The monoisotopic (exact) mass is 307 g/mol. The van der Waals surface area contributed by atoms with Gasteiger partial charge in [0.05, 0.1) is 17.2 Å². The van der Waals surface area contributed by atoms with Gasteiger partial charge in [0.15, 0.2) is 5.82 Å². The lowest BCUT2D eigenvalue weighted by molar-refractivity contribution is 0.185. The second kappa shape index (κ2) is 5.36. The highest BCUT2D eigenvalue weighted by Gasteiger charge is 2.38. The van der Waals surface area contributed by atoms with Gasteiger partial charge in [0.1, 0.15) is 4.90 Å². The first-order chi connectivity index (χ1) is 8.90. The number of halogens is 2. The first-order valence-electron chi connectivity index (χ1n) is 5.99. The lowest BCUT2D eigenvalue weighted by Crippen LogP contribution is -2.49. The number of hydrogen-bond donors (Lipinski definition) is 2. The third-order valence-corrected chi connectivity index (χ3v) is 5.31. The van der Waals surface area contributed by atoms with Crippen LogP contribution in [0.4, 0.5) is 4.39 Å². The van der Waals surface area contributed by atoms with Crippen LogP contribution in [0.1, 0.15) is 25.7 Å². The number of aliphatic hydroxyl groups is 1. The van der Waals surface area contributed by atoms with E-state index in [9.17, 15) is 17.9 Å².